The van der Waals surface area contributed by atoms with Crippen molar-refractivity contribution in [3.8, 4) is 0 Å². The Morgan fingerprint density at radius 3 is 3.06 bits per heavy atom. The Hall–Kier alpha value is -0.650. The lowest BCUT2D eigenvalue weighted by Gasteiger charge is -2.21. The molecular weight excluding hydrogens is 307 g/mol. The van der Waals surface area contributed by atoms with Gasteiger partial charge in [0.25, 0.3) is 5.91 Å². The molecule has 1 fully saturated rings. The summed E-state index contributed by atoms with van der Waals surface area (Å²) in [6, 6.07) is 1.71. The number of nitrogens with one attached hydrogen (secondary N) is 1. The largest absolute Gasteiger partial charge is 0.365 e. The highest BCUT2D eigenvalue weighted by atomic mass is 79.9. The number of hydrogen-bond donors (Lipinski definition) is 1. The fraction of sp³-hybridized carbons (Fsp3) is 0.455. The molecule has 2 heterocycles. The van der Waals surface area contributed by atoms with Crippen LogP contribution in [0.5, 0.6) is 0 Å². The second kappa shape index (κ2) is 4.92. The van der Waals surface area contributed by atoms with Gasteiger partial charge in [0.2, 0.25) is 0 Å². The molecule has 1 aromatic heterocycles. The zero-order valence-electron chi connectivity index (χ0n) is 9.30. The predicted molar refractivity (Wildman–Crippen MR) is 69.2 cm³/mol. The zero-order chi connectivity index (χ0) is 12.5. The number of ether oxygens (including phenoxy) is 1. The van der Waals surface area contributed by atoms with Crippen LogP contribution in [0.25, 0.3) is 0 Å². The number of amides is 1. The first kappa shape index (κ1) is 12.8. The first-order chi connectivity index (χ1) is 8.01. The Morgan fingerprint density at radius 1 is 1.71 bits per heavy atom. The molecule has 0 saturated carbocycles. The molecule has 0 spiro atoms. The Kier molecular flexibility index (Phi) is 3.70. The lowest BCUT2D eigenvalue weighted by Crippen LogP contribution is -2.39. The SMILES string of the molecule is CC1(C(=O)Nc2cnc(Cl)c(Br)c2)CCCO1. The molecular formula is C11H12BrClN2O2. The number of halogens is 2. The summed E-state index contributed by atoms with van der Waals surface area (Å²) in [6.45, 7) is 2.43. The highest BCUT2D eigenvalue weighted by molar-refractivity contribution is 9.10. The van der Waals surface area contributed by atoms with Gasteiger partial charge in [-0.15, -0.1) is 0 Å². The third-order valence-corrected chi connectivity index (χ3v) is 3.89. The molecule has 17 heavy (non-hydrogen) atoms. The van der Waals surface area contributed by atoms with E-state index in [1.165, 1.54) is 6.20 Å². The van der Waals surface area contributed by atoms with Crippen molar-refractivity contribution >= 4 is 39.1 Å². The molecule has 6 heteroatoms. The number of pyridine rings is 1. The van der Waals surface area contributed by atoms with Crippen molar-refractivity contribution < 1.29 is 9.53 Å². The van der Waals surface area contributed by atoms with Crippen LogP contribution in [-0.2, 0) is 9.53 Å². The number of hydrogen-bond acceptors (Lipinski definition) is 3. The quantitative estimate of drug-likeness (QED) is 0.853. The van der Waals surface area contributed by atoms with Crippen molar-refractivity contribution in [3.05, 3.63) is 21.9 Å². The van der Waals surface area contributed by atoms with E-state index in [9.17, 15) is 4.79 Å². The van der Waals surface area contributed by atoms with Crippen LogP contribution >= 0.6 is 27.5 Å². The van der Waals surface area contributed by atoms with Crippen LogP contribution in [0.1, 0.15) is 19.8 Å². The lowest BCUT2D eigenvalue weighted by molar-refractivity contribution is -0.133. The first-order valence-electron chi connectivity index (χ1n) is 5.28. The Labute approximate surface area is 113 Å². The smallest absolute Gasteiger partial charge is 0.256 e. The topological polar surface area (TPSA) is 51.2 Å². The monoisotopic (exact) mass is 318 g/mol. The summed E-state index contributed by atoms with van der Waals surface area (Å²) in [7, 11) is 0. The molecule has 92 valence electrons. The van der Waals surface area contributed by atoms with E-state index in [0.29, 0.717) is 21.9 Å². The van der Waals surface area contributed by atoms with E-state index in [-0.39, 0.29) is 5.91 Å². The highest BCUT2D eigenvalue weighted by Gasteiger charge is 2.37. The highest BCUT2D eigenvalue weighted by Crippen LogP contribution is 2.28. The van der Waals surface area contributed by atoms with Gasteiger partial charge in [-0.25, -0.2) is 4.98 Å². The van der Waals surface area contributed by atoms with E-state index < -0.39 is 5.60 Å². The van der Waals surface area contributed by atoms with Crippen molar-refractivity contribution in [1.29, 1.82) is 0 Å². The van der Waals surface area contributed by atoms with Gasteiger partial charge >= 0.3 is 0 Å². The van der Waals surface area contributed by atoms with Gasteiger partial charge in [-0.2, -0.15) is 0 Å². The third kappa shape index (κ3) is 2.78. The number of carbonyl (C=O) groups excluding carboxylic acids is 1. The molecule has 0 radical (unpaired) electrons. The van der Waals surface area contributed by atoms with Gasteiger partial charge in [0.05, 0.1) is 16.4 Å². The second-order valence-corrected chi connectivity index (χ2v) is 5.35. The predicted octanol–water partition coefficient (Wildman–Crippen LogP) is 3.01. The number of anilines is 1. The van der Waals surface area contributed by atoms with E-state index in [4.69, 9.17) is 16.3 Å². The summed E-state index contributed by atoms with van der Waals surface area (Å²) in [5, 5.41) is 3.14. The van der Waals surface area contributed by atoms with E-state index >= 15 is 0 Å². The molecule has 0 aromatic carbocycles. The van der Waals surface area contributed by atoms with Gasteiger partial charge in [-0.1, -0.05) is 11.6 Å². The van der Waals surface area contributed by atoms with Crippen LogP contribution in [0.15, 0.2) is 16.7 Å². The van der Waals surface area contributed by atoms with Gasteiger partial charge in [0.15, 0.2) is 0 Å². The van der Waals surface area contributed by atoms with E-state index in [0.717, 1.165) is 12.8 Å². The van der Waals surface area contributed by atoms with E-state index in [1.54, 1.807) is 13.0 Å². The Balaban J connectivity index is 2.10. The maximum atomic E-state index is 12.0. The van der Waals surface area contributed by atoms with Crippen molar-refractivity contribution in [2.75, 3.05) is 11.9 Å². The van der Waals surface area contributed by atoms with E-state index in [2.05, 4.69) is 26.2 Å². The van der Waals surface area contributed by atoms with Crippen LogP contribution in [-0.4, -0.2) is 23.1 Å². The van der Waals surface area contributed by atoms with Gasteiger partial charge in [-0.05, 0) is 41.8 Å². The van der Waals surface area contributed by atoms with E-state index in [1.807, 2.05) is 0 Å². The number of rotatable bonds is 2. The summed E-state index contributed by atoms with van der Waals surface area (Å²) >= 11 is 9.03. The molecule has 1 unspecified atom stereocenters. The average molecular weight is 320 g/mol. The standard InChI is InChI=1S/C11H12BrClN2O2/c1-11(3-2-4-17-11)10(16)15-7-5-8(12)9(13)14-6-7/h5-6H,2-4H2,1H3,(H,15,16). The molecule has 1 N–H and O–H groups in total. The average Bonchev–Trinajstić information content (AvgIpc) is 2.72. The summed E-state index contributed by atoms with van der Waals surface area (Å²) in [6.07, 6.45) is 3.16. The van der Waals surface area contributed by atoms with Crippen LogP contribution in [0.3, 0.4) is 0 Å². The van der Waals surface area contributed by atoms with Crippen molar-refractivity contribution in [1.82, 2.24) is 4.98 Å². The fourth-order valence-corrected chi connectivity index (χ4v) is 2.16. The number of carbonyl (C=O) groups is 1. The molecule has 0 bridgehead atoms. The number of nitrogens with zero attached hydrogens (tertiary/aromatic N) is 1. The summed E-state index contributed by atoms with van der Waals surface area (Å²) in [5.41, 5.74) is -0.130. The molecule has 1 atom stereocenters. The van der Waals surface area contributed by atoms with Gasteiger partial charge < -0.3 is 10.1 Å². The first-order valence-corrected chi connectivity index (χ1v) is 6.45. The van der Waals surface area contributed by atoms with Crippen LogP contribution in [0.4, 0.5) is 5.69 Å². The molecule has 1 amide bonds. The maximum Gasteiger partial charge on any atom is 0.256 e. The Bertz CT molecular complexity index is 447. The molecule has 4 nitrogen and oxygen atoms in total. The van der Waals surface area contributed by atoms with Crippen molar-refractivity contribution in [3.63, 3.8) is 0 Å². The van der Waals surface area contributed by atoms with Crippen LogP contribution in [0, 0.1) is 0 Å². The molecule has 1 aromatic rings. The molecule has 1 saturated heterocycles. The van der Waals surface area contributed by atoms with Crippen molar-refractivity contribution in [2.24, 2.45) is 0 Å². The number of aromatic nitrogens is 1. The van der Waals surface area contributed by atoms with Gasteiger partial charge in [-0.3, -0.25) is 4.79 Å². The molecule has 1 aliphatic rings. The zero-order valence-corrected chi connectivity index (χ0v) is 11.6. The lowest BCUT2D eigenvalue weighted by atomic mass is 10.0. The Morgan fingerprint density at radius 2 is 2.47 bits per heavy atom. The normalized spacial score (nSPS) is 23.7. The molecule has 1 aliphatic heterocycles. The minimum absolute atomic E-state index is 0.147. The fourth-order valence-electron chi connectivity index (χ4n) is 1.71. The summed E-state index contributed by atoms with van der Waals surface area (Å²) in [4.78, 5) is 16.0. The molecule has 2 rings (SSSR count). The minimum atomic E-state index is -0.730. The third-order valence-electron chi connectivity index (χ3n) is 2.75. The second-order valence-electron chi connectivity index (χ2n) is 4.13. The van der Waals surface area contributed by atoms with Crippen LogP contribution in [0.2, 0.25) is 5.15 Å². The van der Waals surface area contributed by atoms with Gasteiger partial charge in [0, 0.05) is 6.61 Å². The summed E-state index contributed by atoms with van der Waals surface area (Å²) in [5.74, 6) is -0.147. The van der Waals surface area contributed by atoms with Gasteiger partial charge in [0.1, 0.15) is 10.8 Å². The van der Waals surface area contributed by atoms with Crippen LogP contribution < -0.4 is 5.32 Å². The molecule has 0 aliphatic carbocycles. The minimum Gasteiger partial charge on any atom is -0.365 e. The maximum absolute atomic E-state index is 12.0. The van der Waals surface area contributed by atoms with Crippen molar-refractivity contribution in [2.45, 2.75) is 25.4 Å². The summed E-state index contributed by atoms with van der Waals surface area (Å²) < 4.78 is 6.11.